The Balaban J connectivity index is -0.000000405. The van der Waals surface area contributed by atoms with Gasteiger partial charge in [0.05, 0.1) is 0 Å². The van der Waals surface area contributed by atoms with Crippen molar-refractivity contribution in [3.8, 4) is 0 Å². The molecule has 0 aliphatic rings. The van der Waals surface area contributed by atoms with E-state index < -0.39 is 17.9 Å². The second-order valence-corrected chi connectivity index (χ2v) is 1.95. The summed E-state index contributed by atoms with van der Waals surface area (Å²) < 4.78 is 0. The first kappa shape index (κ1) is 18.6. The molecule has 0 aromatic rings. The van der Waals surface area contributed by atoms with Gasteiger partial charge in [0.25, 0.3) is 0 Å². The van der Waals surface area contributed by atoms with Crippen molar-refractivity contribution < 1.29 is 14.7 Å². The molecule has 0 fully saturated rings. The van der Waals surface area contributed by atoms with Crippen LogP contribution in [0.1, 0.15) is 12.8 Å². The number of rotatable bonds is 4. The van der Waals surface area contributed by atoms with Gasteiger partial charge in [0, 0.05) is 65.5 Å². The number of hydrogen-bond donors (Lipinski definition) is 3. The molecule has 0 saturated heterocycles. The molecule has 0 aromatic heterocycles. The first-order valence-corrected chi connectivity index (χ1v) is 2.80. The summed E-state index contributed by atoms with van der Waals surface area (Å²) in [6.07, 6.45) is 0.123. The molecule has 0 saturated carbocycles. The van der Waals surface area contributed by atoms with Crippen molar-refractivity contribution in [1.29, 1.82) is 0 Å². The summed E-state index contributed by atoms with van der Waals surface area (Å²) in [6.45, 7) is 0. The van der Waals surface area contributed by atoms with Gasteiger partial charge in [0.1, 0.15) is 6.04 Å². The summed E-state index contributed by atoms with van der Waals surface area (Å²) in [6, 6.07) is -0.979. The van der Waals surface area contributed by atoms with Gasteiger partial charge in [-0.3, -0.25) is 9.59 Å². The molecule has 0 rings (SSSR count). The van der Waals surface area contributed by atoms with Gasteiger partial charge in [0.15, 0.2) is 0 Å². The van der Waals surface area contributed by atoms with Gasteiger partial charge in [0.2, 0.25) is 5.91 Å². The summed E-state index contributed by atoms with van der Waals surface area (Å²) in [7, 11) is 0. The molecular weight excluding hydrogens is 182 g/mol. The van der Waals surface area contributed by atoms with Crippen molar-refractivity contribution in [2.75, 3.05) is 0 Å². The number of nitrogens with two attached hydrogens (primary N) is 2. The van der Waals surface area contributed by atoms with E-state index >= 15 is 0 Å². The fraction of sp³-hybridized carbons (Fsp3) is 0.600. The number of aliphatic carboxylic acids is 1. The SMILES string of the molecule is NC(=O)CC[C@H](N)C(=O)O.[Na].[Na]. The fourth-order valence-electron chi connectivity index (χ4n) is 0.421. The Labute approximate surface area is 115 Å². The van der Waals surface area contributed by atoms with E-state index in [1.807, 2.05) is 0 Å². The third kappa shape index (κ3) is 10.9. The van der Waals surface area contributed by atoms with Crippen molar-refractivity contribution >= 4 is 71.0 Å². The number of carbonyl (C=O) groups excluding carboxylic acids is 1. The molecule has 7 heteroatoms. The van der Waals surface area contributed by atoms with Crippen LogP contribution in [0.25, 0.3) is 0 Å². The van der Waals surface area contributed by atoms with Crippen molar-refractivity contribution in [3.63, 3.8) is 0 Å². The Morgan fingerprint density at radius 2 is 1.75 bits per heavy atom. The average molecular weight is 192 g/mol. The van der Waals surface area contributed by atoms with E-state index in [9.17, 15) is 9.59 Å². The van der Waals surface area contributed by atoms with Gasteiger partial charge in [-0.05, 0) is 6.42 Å². The molecule has 0 spiro atoms. The van der Waals surface area contributed by atoms with Crippen molar-refractivity contribution in [2.45, 2.75) is 18.9 Å². The zero-order valence-corrected chi connectivity index (χ0v) is 11.4. The maximum atomic E-state index is 10.1. The van der Waals surface area contributed by atoms with Gasteiger partial charge in [-0.25, -0.2) is 0 Å². The topological polar surface area (TPSA) is 106 Å². The van der Waals surface area contributed by atoms with Crippen LogP contribution < -0.4 is 11.5 Å². The Hall–Kier alpha value is 0.900. The fourth-order valence-corrected chi connectivity index (χ4v) is 0.421. The Morgan fingerprint density at radius 1 is 1.33 bits per heavy atom. The number of amides is 1. The molecule has 60 valence electrons. The summed E-state index contributed by atoms with van der Waals surface area (Å²) in [5, 5.41) is 8.22. The molecule has 0 heterocycles. The van der Waals surface area contributed by atoms with Gasteiger partial charge in [-0.1, -0.05) is 0 Å². The van der Waals surface area contributed by atoms with Crippen LogP contribution in [-0.4, -0.2) is 82.1 Å². The molecule has 5 N–H and O–H groups in total. The number of primary amides is 1. The van der Waals surface area contributed by atoms with Crippen LogP contribution in [0.5, 0.6) is 0 Å². The average Bonchev–Trinajstić information content (AvgIpc) is 1.82. The van der Waals surface area contributed by atoms with Gasteiger partial charge < -0.3 is 16.6 Å². The number of hydrogen-bond acceptors (Lipinski definition) is 3. The van der Waals surface area contributed by atoms with Crippen LogP contribution in [0.15, 0.2) is 0 Å². The second-order valence-electron chi connectivity index (χ2n) is 1.95. The molecule has 0 unspecified atom stereocenters. The summed E-state index contributed by atoms with van der Waals surface area (Å²) in [4.78, 5) is 20.1. The zero-order chi connectivity index (χ0) is 8.15. The number of carbonyl (C=O) groups is 2. The monoisotopic (exact) mass is 192 g/mol. The normalized spacial score (nSPS) is 10.4. The number of carboxylic acid groups (broad SMARTS) is 1. The number of carboxylic acids is 1. The Morgan fingerprint density at radius 3 is 2.00 bits per heavy atom. The molecule has 1 amide bonds. The Kier molecular flexibility index (Phi) is 15.5. The smallest absolute Gasteiger partial charge is 0.320 e. The van der Waals surface area contributed by atoms with Gasteiger partial charge in [-0.15, -0.1) is 0 Å². The maximum absolute atomic E-state index is 10.1. The predicted molar refractivity (Wildman–Crippen MR) is 45.5 cm³/mol. The molecule has 0 aromatic carbocycles. The van der Waals surface area contributed by atoms with Crippen molar-refractivity contribution in [2.24, 2.45) is 11.5 Å². The van der Waals surface area contributed by atoms with Crippen LogP contribution >= 0.6 is 0 Å². The molecule has 0 bridgehead atoms. The predicted octanol–water partition coefficient (Wildman–Crippen LogP) is -2.10. The minimum Gasteiger partial charge on any atom is -0.480 e. The second kappa shape index (κ2) is 9.98. The standard InChI is InChI=1S/C5H10N2O3.2Na/c6-3(5(9)10)1-2-4(7)8;;/h3H,1-2,6H2,(H2,7,8)(H,9,10);;/t3-;;/m0../s1. The van der Waals surface area contributed by atoms with E-state index in [1.54, 1.807) is 0 Å². The molecular formula is C5H10N2Na2O3. The van der Waals surface area contributed by atoms with E-state index in [2.05, 4.69) is 0 Å². The molecule has 1 atom stereocenters. The molecule has 2 radical (unpaired) electrons. The summed E-state index contributed by atoms with van der Waals surface area (Å²) >= 11 is 0. The van der Waals surface area contributed by atoms with Crippen molar-refractivity contribution in [1.82, 2.24) is 0 Å². The minimum atomic E-state index is -1.11. The third-order valence-corrected chi connectivity index (χ3v) is 1.02. The zero-order valence-electron chi connectivity index (χ0n) is 7.41. The third-order valence-electron chi connectivity index (χ3n) is 1.02. The summed E-state index contributed by atoms with van der Waals surface area (Å²) in [5.41, 5.74) is 9.81. The Bertz CT molecular complexity index is 154. The quantitative estimate of drug-likeness (QED) is 0.443. The van der Waals surface area contributed by atoms with E-state index in [0.29, 0.717) is 0 Å². The molecule has 0 aliphatic carbocycles. The van der Waals surface area contributed by atoms with Crippen LogP contribution in [0.3, 0.4) is 0 Å². The van der Waals surface area contributed by atoms with E-state index in [1.165, 1.54) is 0 Å². The first-order chi connectivity index (χ1) is 4.54. The van der Waals surface area contributed by atoms with Crippen molar-refractivity contribution in [3.05, 3.63) is 0 Å². The summed E-state index contributed by atoms with van der Waals surface area (Å²) in [5.74, 6) is -1.64. The van der Waals surface area contributed by atoms with E-state index in [-0.39, 0.29) is 72.0 Å². The van der Waals surface area contributed by atoms with E-state index in [4.69, 9.17) is 16.6 Å². The molecule has 0 aliphatic heterocycles. The van der Waals surface area contributed by atoms with Gasteiger partial charge in [-0.2, -0.15) is 0 Å². The largest absolute Gasteiger partial charge is 0.480 e. The molecule has 12 heavy (non-hydrogen) atoms. The van der Waals surface area contributed by atoms with E-state index in [0.717, 1.165) is 0 Å². The van der Waals surface area contributed by atoms with Gasteiger partial charge >= 0.3 is 5.97 Å². The van der Waals surface area contributed by atoms with Crippen LogP contribution in [0, 0.1) is 0 Å². The van der Waals surface area contributed by atoms with Crippen LogP contribution in [0.4, 0.5) is 0 Å². The minimum absolute atomic E-state index is 0. The van der Waals surface area contributed by atoms with Crippen LogP contribution in [0.2, 0.25) is 0 Å². The maximum Gasteiger partial charge on any atom is 0.320 e. The van der Waals surface area contributed by atoms with Crippen LogP contribution in [-0.2, 0) is 9.59 Å². The first-order valence-electron chi connectivity index (χ1n) is 2.80. The molecule has 5 nitrogen and oxygen atoms in total.